The molecular weight excluding hydrogens is 192 g/mol. The minimum absolute atomic E-state index is 0.148. The summed E-state index contributed by atoms with van der Waals surface area (Å²) in [6.07, 6.45) is 6.26. The molecule has 1 aliphatic carbocycles. The Hall–Kier alpha value is -1.36. The van der Waals surface area contributed by atoms with Crippen molar-refractivity contribution in [1.29, 1.82) is 0 Å². The number of aromatic amines is 1. The second-order valence-electron chi connectivity index (χ2n) is 3.85. The summed E-state index contributed by atoms with van der Waals surface area (Å²) in [6, 6.07) is 0.463. The quantitative estimate of drug-likeness (QED) is 0.584. The second kappa shape index (κ2) is 4.93. The van der Waals surface area contributed by atoms with E-state index in [-0.39, 0.29) is 5.91 Å². The normalized spacial score (nSPS) is 15.2. The number of aromatic nitrogens is 2. The lowest BCUT2D eigenvalue weighted by atomic mass is 10.3. The molecule has 1 amide bonds. The van der Waals surface area contributed by atoms with Crippen molar-refractivity contribution in [3.05, 3.63) is 18.2 Å². The minimum Gasteiger partial charge on any atom is -0.353 e. The van der Waals surface area contributed by atoms with Gasteiger partial charge in [0.15, 0.2) is 0 Å². The van der Waals surface area contributed by atoms with Crippen LogP contribution in [0.25, 0.3) is 0 Å². The van der Waals surface area contributed by atoms with E-state index in [9.17, 15) is 4.79 Å². The highest BCUT2D eigenvalue weighted by atomic mass is 16.1. The van der Waals surface area contributed by atoms with Crippen molar-refractivity contribution in [2.45, 2.75) is 31.8 Å². The molecule has 5 nitrogen and oxygen atoms in total. The van der Waals surface area contributed by atoms with Crippen LogP contribution in [0.1, 0.15) is 25.0 Å². The number of nitrogens with zero attached hydrogens (tertiary/aromatic N) is 1. The smallest absolute Gasteiger partial charge is 0.221 e. The van der Waals surface area contributed by atoms with Gasteiger partial charge >= 0.3 is 0 Å². The molecule has 0 spiro atoms. The highest BCUT2D eigenvalue weighted by molar-refractivity contribution is 5.76. The summed E-state index contributed by atoms with van der Waals surface area (Å²) in [7, 11) is 0. The van der Waals surface area contributed by atoms with Crippen molar-refractivity contribution in [2.75, 3.05) is 6.54 Å². The largest absolute Gasteiger partial charge is 0.353 e. The van der Waals surface area contributed by atoms with Gasteiger partial charge in [-0.05, 0) is 12.8 Å². The van der Waals surface area contributed by atoms with Crippen LogP contribution in [0.2, 0.25) is 0 Å². The van der Waals surface area contributed by atoms with Gasteiger partial charge < -0.3 is 15.6 Å². The predicted octanol–water partition coefficient (Wildman–Crippen LogP) is 0.168. The summed E-state index contributed by atoms with van der Waals surface area (Å²) in [6.45, 7) is 1.44. The molecule has 0 unspecified atom stereocenters. The summed E-state index contributed by atoms with van der Waals surface area (Å²) >= 11 is 0. The van der Waals surface area contributed by atoms with Crippen LogP contribution in [-0.2, 0) is 11.3 Å². The van der Waals surface area contributed by atoms with Gasteiger partial charge in [-0.15, -0.1) is 0 Å². The Bertz CT molecular complexity index is 305. The molecule has 0 aromatic carbocycles. The number of carbonyl (C=O) groups excluding carboxylic acids is 1. The van der Waals surface area contributed by atoms with Crippen molar-refractivity contribution in [3.63, 3.8) is 0 Å². The number of hydrogen-bond acceptors (Lipinski definition) is 3. The van der Waals surface area contributed by atoms with E-state index in [1.165, 1.54) is 0 Å². The van der Waals surface area contributed by atoms with Gasteiger partial charge in [0.2, 0.25) is 5.91 Å². The van der Waals surface area contributed by atoms with E-state index < -0.39 is 0 Å². The molecule has 2 rings (SSSR count). The number of hydrogen-bond donors (Lipinski definition) is 3. The molecule has 82 valence electrons. The lowest BCUT2D eigenvalue weighted by Gasteiger charge is -2.04. The summed E-state index contributed by atoms with van der Waals surface area (Å²) in [5.74, 6) is 0.148. The molecule has 3 N–H and O–H groups in total. The van der Waals surface area contributed by atoms with E-state index >= 15 is 0 Å². The maximum atomic E-state index is 11.3. The van der Waals surface area contributed by atoms with E-state index in [0.717, 1.165) is 25.1 Å². The van der Waals surface area contributed by atoms with E-state index in [2.05, 4.69) is 20.6 Å². The van der Waals surface area contributed by atoms with E-state index in [1.807, 2.05) is 0 Å². The fourth-order valence-electron chi connectivity index (χ4n) is 1.33. The van der Waals surface area contributed by atoms with Crippen LogP contribution in [0.5, 0.6) is 0 Å². The van der Waals surface area contributed by atoms with Crippen molar-refractivity contribution < 1.29 is 4.79 Å². The Labute approximate surface area is 88.7 Å². The van der Waals surface area contributed by atoms with Gasteiger partial charge in [0.1, 0.15) is 0 Å². The maximum Gasteiger partial charge on any atom is 0.221 e. The van der Waals surface area contributed by atoms with Gasteiger partial charge in [-0.25, -0.2) is 4.98 Å². The molecule has 1 aromatic rings. The molecule has 1 aliphatic rings. The van der Waals surface area contributed by atoms with Gasteiger partial charge in [0, 0.05) is 37.4 Å². The average molecular weight is 208 g/mol. The van der Waals surface area contributed by atoms with Crippen LogP contribution >= 0.6 is 0 Å². The van der Waals surface area contributed by atoms with Gasteiger partial charge in [0.05, 0.1) is 6.33 Å². The Balaban J connectivity index is 1.52. The van der Waals surface area contributed by atoms with Crippen LogP contribution in [0.15, 0.2) is 12.5 Å². The first-order chi connectivity index (χ1) is 7.34. The van der Waals surface area contributed by atoms with Gasteiger partial charge in [0.25, 0.3) is 0 Å². The third-order valence-electron chi connectivity index (χ3n) is 2.34. The van der Waals surface area contributed by atoms with Crippen LogP contribution in [0.3, 0.4) is 0 Å². The number of H-pyrrole nitrogens is 1. The molecule has 1 saturated carbocycles. The summed E-state index contributed by atoms with van der Waals surface area (Å²) in [5.41, 5.74) is 1.04. The molecule has 0 atom stereocenters. The zero-order chi connectivity index (χ0) is 10.5. The molecule has 0 radical (unpaired) electrons. The van der Waals surface area contributed by atoms with Crippen molar-refractivity contribution >= 4 is 5.91 Å². The number of nitrogens with one attached hydrogen (secondary N) is 3. The van der Waals surface area contributed by atoms with Crippen LogP contribution in [0, 0.1) is 0 Å². The zero-order valence-electron chi connectivity index (χ0n) is 8.62. The molecule has 0 aliphatic heterocycles. The number of rotatable bonds is 6. The van der Waals surface area contributed by atoms with Crippen LogP contribution in [0.4, 0.5) is 0 Å². The molecule has 1 aromatic heterocycles. The third-order valence-corrected chi connectivity index (χ3v) is 2.34. The highest BCUT2D eigenvalue weighted by Crippen LogP contribution is 2.18. The standard InChI is InChI=1S/C10H16N4O/c15-10(14-8-1-2-8)3-4-11-5-9-6-12-7-13-9/h6-8,11H,1-5H2,(H,12,13)(H,14,15). The molecule has 1 fully saturated rings. The maximum absolute atomic E-state index is 11.3. The third kappa shape index (κ3) is 3.71. The Kier molecular flexibility index (Phi) is 3.34. The molecule has 0 bridgehead atoms. The fraction of sp³-hybridized carbons (Fsp3) is 0.600. The number of carbonyl (C=O) groups is 1. The van der Waals surface area contributed by atoms with Gasteiger partial charge in [-0.1, -0.05) is 0 Å². The van der Waals surface area contributed by atoms with Gasteiger partial charge in [-0.2, -0.15) is 0 Å². The number of imidazole rings is 1. The van der Waals surface area contributed by atoms with Crippen LogP contribution < -0.4 is 10.6 Å². The summed E-state index contributed by atoms with van der Waals surface area (Å²) in [4.78, 5) is 18.2. The molecular formula is C10H16N4O. The lowest BCUT2D eigenvalue weighted by molar-refractivity contribution is -0.121. The minimum atomic E-state index is 0.148. The Morgan fingerprint density at radius 1 is 1.60 bits per heavy atom. The number of amides is 1. The lowest BCUT2D eigenvalue weighted by Crippen LogP contribution is -2.29. The first-order valence-electron chi connectivity index (χ1n) is 5.32. The Morgan fingerprint density at radius 3 is 3.13 bits per heavy atom. The highest BCUT2D eigenvalue weighted by Gasteiger charge is 2.22. The van der Waals surface area contributed by atoms with E-state index in [0.29, 0.717) is 19.0 Å². The topological polar surface area (TPSA) is 69.8 Å². The monoisotopic (exact) mass is 208 g/mol. The molecule has 15 heavy (non-hydrogen) atoms. The SMILES string of the molecule is O=C(CCNCc1cnc[nH]1)NC1CC1. The van der Waals surface area contributed by atoms with E-state index in [4.69, 9.17) is 0 Å². The molecule has 5 heteroatoms. The zero-order valence-corrected chi connectivity index (χ0v) is 8.62. The first kappa shape index (κ1) is 10.2. The van der Waals surface area contributed by atoms with Crippen molar-refractivity contribution in [3.8, 4) is 0 Å². The van der Waals surface area contributed by atoms with Gasteiger partial charge in [-0.3, -0.25) is 4.79 Å². The van der Waals surface area contributed by atoms with Crippen LogP contribution in [-0.4, -0.2) is 28.5 Å². The summed E-state index contributed by atoms with van der Waals surface area (Å²) < 4.78 is 0. The van der Waals surface area contributed by atoms with Crippen molar-refractivity contribution in [2.24, 2.45) is 0 Å². The predicted molar refractivity (Wildman–Crippen MR) is 56.1 cm³/mol. The van der Waals surface area contributed by atoms with Crippen molar-refractivity contribution in [1.82, 2.24) is 20.6 Å². The first-order valence-corrected chi connectivity index (χ1v) is 5.32. The summed E-state index contributed by atoms with van der Waals surface area (Å²) in [5, 5.41) is 6.13. The average Bonchev–Trinajstić information content (AvgIpc) is 2.87. The fourth-order valence-corrected chi connectivity index (χ4v) is 1.33. The molecule has 1 heterocycles. The second-order valence-corrected chi connectivity index (χ2v) is 3.85. The molecule has 0 saturated heterocycles. The van der Waals surface area contributed by atoms with E-state index in [1.54, 1.807) is 12.5 Å². The Morgan fingerprint density at radius 2 is 2.47 bits per heavy atom.